The summed E-state index contributed by atoms with van der Waals surface area (Å²) in [6.07, 6.45) is 0.961. The summed E-state index contributed by atoms with van der Waals surface area (Å²) in [6, 6.07) is 2.10. The van der Waals surface area contributed by atoms with Gasteiger partial charge in [0.05, 0.1) is 25.5 Å². The minimum Gasteiger partial charge on any atom is -0.382 e. The lowest BCUT2D eigenvalue weighted by Crippen LogP contribution is -2.39. The highest BCUT2D eigenvalue weighted by Crippen LogP contribution is 2.02. The molecule has 0 aliphatic rings. The molecule has 0 aromatic carbocycles. The molecule has 0 bridgehead atoms. The van der Waals surface area contributed by atoms with Crippen molar-refractivity contribution in [2.45, 2.75) is 33.7 Å². The van der Waals surface area contributed by atoms with E-state index in [1.165, 1.54) is 5.69 Å². The molecule has 1 rings (SSSR count). The number of aryl methyl sites for hydroxylation is 3. The SMILES string of the molecule is CCNC(=NCCCn1nc(C)cc1C)NCCOCCOC.I. The Balaban J connectivity index is 0.00000529. The Morgan fingerprint density at radius 2 is 2.04 bits per heavy atom. The number of aromatic nitrogens is 2. The third kappa shape index (κ3) is 10.1. The lowest BCUT2D eigenvalue weighted by atomic mass is 10.4. The van der Waals surface area contributed by atoms with E-state index >= 15 is 0 Å². The summed E-state index contributed by atoms with van der Waals surface area (Å²) < 4.78 is 12.4. The van der Waals surface area contributed by atoms with Gasteiger partial charge in [-0.3, -0.25) is 9.67 Å². The Labute approximate surface area is 162 Å². The van der Waals surface area contributed by atoms with Gasteiger partial charge >= 0.3 is 0 Å². The first kappa shape index (κ1) is 23.1. The van der Waals surface area contributed by atoms with Crippen LogP contribution in [0.15, 0.2) is 11.1 Å². The summed E-state index contributed by atoms with van der Waals surface area (Å²) in [7, 11) is 1.67. The van der Waals surface area contributed by atoms with E-state index in [2.05, 4.69) is 40.6 Å². The van der Waals surface area contributed by atoms with Gasteiger partial charge < -0.3 is 20.1 Å². The molecule has 0 fully saturated rings. The van der Waals surface area contributed by atoms with Crippen molar-refractivity contribution in [2.75, 3.05) is 46.6 Å². The Morgan fingerprint density at radius 3 is 2.67 bits per heavy atom. The summed E-state index contributed by atoms with van der Waals surface area (Å²) in [5.74, 6) is 0.830. The van der Waals surface area contributed by atoms with E-state index in [1.54, 1.807) is 7.11 Å². The first-order chi connectivity index (χ1) is 11.2. The first-order valence-electron chi connectivity index (χ1n) is 8.27. The van der Waals surface area contributed by atoms with Crippen LogP contribution >= 0.6 is 24.0 Å². The van der Waals surface area contributed by atoms with E-state index in [4.69, 9.17) is 9.47 Å². The summed E-state index contributed by atoms with van der Waals surface area (Å²) in [5, 5.41) is 11.0. The second kappa shape index (κ2) is 14.5. The maximum Gasteiger partial charge on any atom is 0.191 e. The van der Waals surface area contributed by atoms with Crippen LogP contribution in [0.3, 0.4) is 0 Å². The predicted molar refractivity (Wildman–Crippen MR) is 108 cm³/mol. The maximum absolute atomic E-state index is 5.42. The molecule has 1 heterocycles. The summed E-state index contributed by atoms with van der Waals surface area (Å²) in [5.41, 5.74) is 2.26. The molecule has 1 aromatic rings. The largest absolute Gasteiger partial charge is 0.382 e. The molecule has 0 saturated carbocycles. The third-order valence-electron chi connectivity index (χ3n) is 3.22. The van der Waals surface area contributed by atoms with Gasteiger partial charge in [0.2, 0.25) is 0 Å². The lowest BCUT2D eigenvalue weighted by Gasteiger charge is -2.11. The monoisotopic (exact) mass is 453 g/mol. The molecule has 8 heteroatoms. The van der Waals surface area contributed by atoms with E-state index in [1.807, 2.05) is 11.6 Å². The van der Waals surface area contributed by atoms with Crippen molar-refractivity contribution in [3.05, 3.63) is 17.5 Å². The van der Waals surface area contributed by atoms with E-state index in [-0.39, 0.29) is 24.0 Å². The fraction of sp³-hybridized carbons (Fsp3) is 0.750. The van der Waals surface area contributed by atoms with E-state index in [9.17, 15) is 0 Å². The number of hydrogen-bond donors (Lipinski definition) is 2. The maximum atomic E-state index is 5.42. The standard InChI is InChI=1S/C16H31N5O2.HI/c1-5-17-16(19-8-10-23-12-11-22-4)18-7-6-9-21-15(3)13-14(2)20-21;/h13H,5-12H2,1-4H3,(H2,17,18,19);1H. The lowest BCUT2D eigenvalue weighted by molar-refractivity contribution is 0.0733. The summed E-state index contributed by atoms with van der Waals surface area (Å²) in [4.78, 5) is 4.57. The molecule has 2 N–H and O–H groups in total. The topological polar surface area (TPSA) is 72.7 Å². The van der Waals surface area contributed by atoms with Crippen molar-refractivity contribution in [1.82, 2.24) is 20.4 Å². The van der Waals surface area contributed by atoms with Crippen molar-refractivity contribution >= 4 is 29.9 Å². The van der Waals surface area contributed by atoms with Gasteiger partial charge in [-0.2, -0.15) is 5.10 Å². The van der Waals surface area contributed by atoms with Gasteiger partial charge in [-0.1, -0.05) is 0 Å². The molecule has 7 nitrogen and oxygen atoms in total. The van der Waals surface area contributed by atoms with Gasteiger partial charge in [-0.05, 0) is 33.3 Å². The number of methoxy groups -OCH3 is 1. The van der Waals surface area contributed by atoms with Gasteiger partial charge in [-0.15, -0.1) is 24.0 Å². The molecule has 0 aliphatic carbocycles. The molecule has 0 unspecified atom stereocenters. The number of ether oxygens (including phenoxy) is 2. The van der Waals surface area contributed by atoms with Gasteiger partial charge in [0.1, 0.15) is 0 Å². The van der Waals surface area contributed by atoms with E-state index in [0.717, 1.165) is 44.3 Å². The third-order valence-corrected chi connectivity index (χ3v) is 3.22. The van der Waals surface area contributed by atoms with Crippen LogP contribution in [0, 0.1) is 13.8 Å². The molecule has 0 aliphatic heterocycles. The molecular formula is C16H32IN5O2. The number of hydrogen-bond acceptors (Lipinski definition) is 4. The van der Waals surface area contributed by atoms with Crippen LogP contribution in [-0.4, -0.2) is 62.3 Å². The average Bonchev–Trinajstić information content (AvgIpc) is 2.84. The molecule has 24 heavy (non-hydrogen) atoms. The fourth-order valence-electron chi connectivity index (χ4n) is 2.14. The zero-order valence-corrected chi connectivity index (χ0v) is 17.6. The van der Waals surface area contributed by atoms with Crippen LogP contribution in [0.5, 0.6) is 0 Å². The van der Waals surface area contributed by atoms with Crippen LogP contribution in [-0.2, 0) is 16.0 Å². The van der Waals surface area contributed by atoms with Gasteiger partial charge in [-0.25, -0.2) is 0 Å². The molecule has 0 saturated heterocycles. The molecule has 0 spiro atoms. The molecular weight excluding hydrogens is 421 g/mol. The summed E-state index contributed by atoms with van der Waals surface area (Å²) in [6.45, 7) is 11.3. The smallest absolute Gasteiger partial charge is 0.191 e. The molecule has 1 aromatic heterocycles. The van der Waals surface area contributed by atoms with Crippen LogP contribution in [0.4, 0.5) is 0 Å². The minimum atomic E-state index is 0. The number of guanidine groups is 1. The highest BCUT2D eigenvalue weighted by atomic mass is 127. The molecule has 0 radical (unpaired) electrons. The fourth-order valence-corrected chi connectivity index (χ4v) is 2.14. The van der Waals surface area contributed by atoms with Gasteiger partial charge in [0, 0.05) is 39.0 Å². The van der Waals surface area contributed by atoms with Crippen LogP contribution in [0.1, 0.15) is 24.7 Å². The summed E-state index contributed by atoms with van der Waals surface area (Å²) >= 11 is 0. The number of rotatable bonds is 11. The molecule has 140 valence electrons. The van der Waals surface area contributed by atoms with Gasteiger partial charge in [0.25, 0.3) is 0 Å². The first-order valence-corrected chi connectivity index (χ1v) is 8.27. The quantitative estimate of drug-likeness (QED) is 0.231. The van der Waals surface area contributed by atoms with Crippen molar-refractivity contribution in [3.8, 4) is 0 Å². The molecule has 0 atom stereocenters. The number of aliphatic imine (C=N–C) groups is 1. The normalized spacial score (nSPS) is 11.2. The predicted octanol–water partition coefficient (Wildman–Crippen LogP) is 1.73. The van der Waals surface area contributed by atoms with Crippen molar-refractivity contribution in [2.24, 2.45) is 4.99 Å². The van der Waals surface area contributed by atoms with Crippen molar-refractivity contribution in [3.63, 3.8) is 0 Å². The van der Waals surface area contributed by atoms with Crippen LogP contribution < -0.4 is 10.6 Å². The highest BCUT2D eigenvalue weighted by Gasteiger charge is 2.00. The average molecular weight is 453 g/mol. The minimum absolute atomic E-state index is 0. The number of nitrogens with one attached hydrogen (secondary N) is 2. The van der Waals surface area contributed by atoms with Crippen molar-refractivity contribution in [1.29, 1.82) is 0 Å². The Hall–Kier alpha value is -0.870. The van der Waals surface area contributed by atoms with Crippen LogP contribution in [0.25, 0.3) is 0 Å². The van der Waals surface area contributed by atoms with Crippen LogP contribution in [0.2, 0.25) is 0 Å². The van der Waals surface area contributed by atoms with Gasteiger partial charge in [0.15, 0.2) is 5.96 Å². The second-order valence-corrected chi connectivity index (χ2v) is 5.30. The Bertz CT molecular complexity index is 465. The number of halogens is 1. The molecule has 0 amide bonds. The zero-order chi connectivity index (χ0) is 16.9. The highest BCUT2D eigenvalue weighted by molar-refractivity contribution is 14.0. The van der Waals surface area contributed by atoms with E-state index in [0.29, 0.717) is 19.8 Å². The van der Waals surface area contributed by atoms with E-state index < -0.39 is 0 Å². The second-order valence-electron chi connectivity index (χ2n) is 5.30. The van der Waals surface area contributed by atoms with Crippen molar-refractivity contribution < 1.29 is 9.47 Å². The Kier molecular flexibility index (Phi) is 13.9. The Morgan fingerprint density at radius 1 is 1.25 bits per heavy atom. The number of nitrogens with zero attached hydrogens (tertiary/aromatic N) is 3. The zero-order valence-electron chi connectivity index (χ0n) is 15.3.